The SMILES string of the molecule is CCn1nc(C)cc1C(O)Cc1nn(C)c2ccccc12. The lowest BCUT2D eigenvalue weighted by Gasteiger charge is -2.11. The lowest BCUT2D eigenvalue weighted by molar-refractivity contribution is 0.166. The van der Waals surface area contributed by atoms with Crippen molar-refractivity contribution in [3.8, 4) is 0 Å². The molecule has 0 aliphatic heterocycles. The number of hydrogen-bond acceptors (Lipinski definition) is 3. The number of hydrogen-bond donors (Lipinski definition) is 1. The Morgan fingerprint density at radius 2 is 2.00 bits per heavy atom. The van der Waals surface area contributed by atoms with Gasteiger partial charge in [0.25, 0.3) is 0 Å². The zero-order chi connectivity index (χ0) is 15.0. The van der Waals surface area contributed by atoms with Gasteiger partial charge in [-0.1, -0.05) is 18.2 Å². The van der Waals surface area contributed by atoms with Crippen molar-refractivity contribution in [2.24, 2.45) is 7.05 Å². The van der Waals surface area contributed by atoms with Crippen molar-refractivity contribution in [3.05, 3.63) is 47.4 Å². The molecule has 3 aromatic rings. The van der Waals surface area contributed by atoms with E-state index in [9.17, 15) is 5.11 Å². The molecule has 0 bridgehead atoms. The highest BCUT2D eigenvalue weighted by Crippen LogP contribution is 2.24. The fraction of sp³-hybridized carbons (Fsp3) is 0.375. The summed E-state index contributed by atoms with van der Waals surface area (Å²) in [4.78, 5) is 0. The van der Waals surface area contributed by atoms with E-state index in [1.807, 2.05) is 60.6 Å². The van der Waals surface area contributed by atoms with E-state index in [1.54, 1.807) is 0 Å². The molecule has 0 fully saturated rings. The largest absolute Gasteiger partial charge is 0.386 e. The van der Waals surface area contributed by atoms with Crippen molar-refractivity contribution < 1.29 is 5.11 Å². The van der Waals surface area contributed by atoms with Crippen LogP contribution < -0.4 is 0 Å². The van der Waals surface area contributed by atoms with Crippen LogP contribution in [-0.2, 0) is 20.0 Å². The summed E-state index contributed by atoms with van der Waals surface area (Å²) in [6.45, 7) is 4.72. The van der Waals surface area contributed by atoms with Crippen LogP contribution in [0.3, 0.4) is 0 Å². The fourth-order valence-electron chi connectivity index (χ4n) is 2.81. The van der Waals surface area contributed by atoms with Crippen LogP contribution in [-0.4, -0.2) is 24.7 Å². The van der Waals surface area contributed by atoms with E-state index in [-0.39, 0.29) is 0 Å². The molecule has 0 radical (unpaired) electrons. The Balaban J connectivity index is 1.94. The first-order valence-electron chi connectivity index (χ1n) is 7.23. The quantitative estimate of drug-likeness (QED) is 0.800. The number of aryl methyl sites for hydroxylation is 3. The maximum Gasteiger partial charge on any atom is 0.101 e. The molecule has 110 valence electrons. The smallest absolute Gasteiger partial charge is 0.101 e. The molecule has 1 unspecified atom stereocenters. The molecule has 3 rings (SSSR count). The Morgan fingerprint density at radius 3 is 2.76 bits per heavy atom. The molecule has 0 saturated carbocycles. The highest BCUT2D eigenvalue weighted by atomic mass is 16.3. The molecule has 21 heavy (non-hydrogen) atoms. The second-order valence-electron chi connectivity index (χ2n) is 5.33. The number of rotatable bonds is 4. The van der Waals surface area contributed by atoms with Crippen LogP contribution in [0, 0.1) is 6.92 Å². The minimum Gasteiger partial charge on any atom is -0.386 e. The van der Waals surface area contributed by atoms with Gasteiger partial charge in [0.05, 0.1) is 22.6 Å². The predicted octanol–water partition coefficient (Wildman–Crippen LogP) is 2.37. The van der Waals surface area contributed by atoms with Gasteiger partial charge < -0.3 is 5.11 Å². The van der Waals surface area contributed by atoms with Gasteiger partial charge in [0.15, 0.2) is 0 Å². The van der Waals surface area contributed by atoms with Crippen LogP contribution in [0.1, 0.15) is 30.1 Å². The van der Waals surface area contributed by atoms with Gasteiger partial charge in [-0.25, -0.2) is 0 Å². The Kier molecular flexibility index (Phi) is 3.51. The Bertz CT molecular complexity index is 772. The summed E-state index contributed by atoms with van der Waals surface area (Å²) < 4.78 is 3.71. The standard InChI is InChI=1S/C16H20N4O/c1-4-20-15(9-11(2)17-20)16(21)10-13-12-7-5-6-8-14(12)19(3)18-13/h5-9,16,21H,4,10H2,1-3H3. The monoisotopic (exact) mass is 284 g/mol. The van der Waals surface area contributed by atoms with Crippen LogP contribution in [0.4, 0.5) is 0 Å². The van der Waals surface area contributed by atoms with Crippen molar-refractivity contribution in [2.45, 2.75) is 32.9 Å². The maximum atomic E-state index is 10.6. The average molecular weight is 284 g/mol. The lowest BCUT2D eigenvalue weighted by atomic mass is 10.1. The second kappa shape index (κ2) is 5.33. The first-order valence-corrected chi connectivity index (χ1v) is 7.23. The van der Waals surface area contributed by atoms with E-state index in [0.717, 1.165) is 34.5 Å². The molecule has 0 saturated heterocycles. The molecule has 0 amide bonds. The summed E-state index contributed by atoms with van der Waals surface area (Å²) in [5.41, 5.74) is 3.78. The van der Waals surface area contributed by atoms with Crippen LogP contribution in [0.5, 0.6) is 0 Å². The molecule has 5 heteroatoms. The molecule has 0 spiro atoms. The summed E-state index contributed by atoms with van der Waals surface area (Å²) in [7, 11) is 1.93. The van der Waals surface area contributed by atoms with Gasteiger partial charge >= 0.3 is 0 Å². The normalized spacial score (nSPS) is 13.0. The van der Waals surface area contributed by atoms with E-state index in [1.165, 1.54) is 0 Å². The zero-order valence-corrected chi connectivity index (χ0v) is 12.6. The molecular formula is C16H20N4O. The van der Waals surface area contributed by atoms with Gasteiger partial charge in [0, 0.05) is 25.4 Å². The second-order valence-corrected chi connectivity index (χ2v) is 5.33. The minimum absolute atomic E-state index is 0.493. The van der Waals surface area contributed by atoms with Crippen molar-refractivity contribution in [2.75, 3.05) is 0 Å². The molecule has 2 heterocycles. The summed E-state index contributed by atoms with van der Waals surface area (Å²) in [6, 6.07) is 10.0. The number of para-hydroxylation sites is 1. The molecule has 1 N–H and O–H groups in total. The number of nitrogens with zero attached hydrogens (tertiary/aromatic N) is 4. The highest BCUT2D eigenvalue weighted by molar-refractivity contribution is 5.81. The van der Waals surface area contributed by atoms with Crippen LogP contribution in [0.25, 0.3) is 10.9 Å². The molecule has 5 nitrogen and oxygen atoms in total. The Hall–Kier alpha value is -2.14. The van der Waals surface area contributed by atoms with E-state index in [2.05, 4.69) is 10.2 Å². The van der Waals surface area contributed by atoms with E-state index < -0.39 is 6.10 Å². The van der Waals surface area contributed by atoms with Crippen LogP contribution >= 0.6 is 0 Å². The molecule has 1 atom stereocenters. The Morgan fingerprint density at radius 1 is 1.24 bits per heavy atom. The third-order valence-corrected chi connectivity index (χ3v) is 3.80. The molecule has 0 aliphatic carbocycles. The molecule has 2 aromatic heterocycles. The summed E-state index contributed by atoms with van der Waals surface area (Å²) >= 11 is 0. The molecular weight excluding hydrogens is 264 g/mol. The number of aliphatic hydroxyl groups excluding tert-OH is 1. The van der Waals surface area contributed by atoms with Crippen molar-refractivity contribution >= 4 is 10.9 Å². The lowest BCUT2D eigenvalue weighted by Crippen LogP contribution is -2.10. The number of benzene rings is 1. The first-order chi connectivity index (χ1) is 10.1. The predicted molar refractivity (Wildman–Crippen MR) is 82.0 cm³/mol. The summed E-state index contributed by atoms with van der Waals surface area (Å²) in [5, 5.41) is 20.6. The van der Waals surface area contributed by atoms with Crippen molar-refractivity contribution in [1.82, 2.24) is 19.6 Å². The minimum atomic E-state index is -0.593. The zero-order valence-electron chi connectivity index (χ0n) is 12.6. The maximum absolute atomic E-state index is 10.6. The van der Waals surface area contributed by atoms with Crippen LogP contribution in [0.2, 0.25) is 0 Å². The van der Waals surface area contributed by atoms with E-state index >= 15 is 0 Å². The summed E-state index contributed by atoms with van der Waals surface area (Å²) in [6.07, 6.45) is -0.101. The van der Waals surface area contributed by atoms with Crippen molar-refractivity contribution in [1.29, 1.82) is 0 Å². The van der Waals surface area contributed by atoms with Crippen LogP contribution in [0.15, 0.2) is 30.3 Å². The van der Waals surface area contributed by atoms with Gasteiger partial charge in [-0.15, -0.1) is 0 Å². The van der Waals surface area contributed by atoms with Gasteiger partial charge in [0.2, 0.25) is 0 Å². The number of aliphatic hydroxyl groups is 1. The van der Waals surface area contributed by atoms with E-state index in [0.29, 0.717) is 6.42 Å². The molecule has 1 aromatic carbocycles. The van der Waals surface area contributed by atoms with Crippen molar-refractivity contribution in [3.63, 3.8) is 0 Å². The van der Waals surface area contributed by atoms with Gasteiger partial charge in [-0.05, 0) is 26.0 Å². The first kappa shape index (κ1) is 13.8. The Labute approximate surface area is 123 Å². The average Bonchev–Trinajstić information content (AvgIpc) is 3.01. The topological polar surface area (TPSA) is 55.9 Å². The molecule has 0 aliphatic rings. The van der Waals surface area contributed by atoms with Gasteiger partial charge in [0.1, 0.15) is 6.10 Å². The fourth-order valence-corrected chi connectivity index (χ4v) is 2.81. The highest BCUT2D eigenvalue weighted by Gasteiger charge is 2.18. The third kappa shape index (κ3) is 2.45. The van der Waals surface area contributed by atoms with Gasteiger partial charge in [-0.3, -0.25) is 9.36 Å². The van der Waals surface area contributed by atoms with E-state index in [4.69, 9.17) is 0 Å². The number of fused-ring (bicyclic) bond motifs is 1. The summed E-state index contributed by atoms with van der Waals surface area (Å²) in [5.74, 6) is 0. The third-order valence-electron chi connectivity index (χ3n) is 3.80. The number of aromatic nitrogens is 4. The van der Waals surface area contributed by atoms with Gasteiger partial charge in [-0.2, -0.15) is 10.2 Å².